The van der Waals surface area contributed by atoms with Gasteiger partial charge in [-0.15, -0.1) is 0 Å². The van der Waals surface area contributed by atoms with Crippen LogP contribution in [-0.4, -0.2) is 18.7 Å². The van der Waals surface area contributed by atoms with E-state index in [4.69, 9.17) is 16.3 Å². The maximum atomic E-state index is 12.0. The third-order valence-electron chi connectivity index (χ3n) is 2.94. The molecule has 0 radical (unpaired) electrons. The smallest absolute Gasteiger partial charge is 0.271 e. The molecule has 0 spiro atoms. The first kappa shape index (κ1) is 15.1. The molecule has 2 rings (SSSR count). The third kappa shape index (κ3) is 4.07. The molecule has 1 amide bonds. The molecule has 2 aromatic rings. The van der Waals surface area contributed by atoms with E-state index in [0.717, 1.165) is 5.56 Å². The lowest BCUT2D eigenvalue weighted by Crippen LogP contribution is -2.19. The van der Waals surface area contributed by atoms with E-state index in [0.29, 0.717) is 22.0 Å². The summed E-state index contributed by atoms with van der Waals surface area (Å²) in [5.41, 5.74) is 4.64. The fourth-order valence-electron chi connectivity index (χ4n) is 1.70. The quantitative estimate of drug-likeness (QED) is 0.694. The van der Waals surface area contributed by atoms with Gasteiger partial charge in [-0.25, -0.2) is 5.43 Å². The van der Waals surface area contributed by atoms with Crippen LogP contribution < -0.4 is 10.2 Å². The molecule has 0 aromatic heterocycles. The summed E-state index contributed by atoms with van der Waals surface area (Å²) in [6, 6.07) is 14.1. The van der Waals surface area contributed by atoms with Crippen LogP contribution in [0.3, 0.4) is 0 Å². The molecule has 0 heterocycles. The summed E-state index contributed by atoms with van der Waals surface area (Å²) in [5.74, 6) is 0.429. The van der Waals surface area contributed by atoms with Crippen molar-refractivity contribution in [3.8, 4) is 5.75 Å². The van der Waals surface area contributed by atoms with Crippen molar-refractivity contribution >= 4 is 23.2 Å². The van der Waals surface area contributed by atoms with Crippen molar-refractivity contribution in [1.29, 1.82) is 0 Å². The van der Waals surface area contributed by atoms with Gasteiger partial charge >= 0.3 is 0 Å². The highest BCUT2D eigenvalue weighted by atomic mass is 35.5. The highest BCUT2D eigenvalue weighted by Crippen LogP contribution is 2.12. The summed E-state index contributed by atoms with van der Waals surface area (Å²) >= 11 is 5.83. The maximum absolute atomic E-state index is 12.0. The molecule has 0 unspecified atom stereocenters. The van der Waals surface area contributed by atoms with Gasteiger partial charge in [0.25, 0.3) is 5.91 Å². The predicted octanol–water partition coefficient (Wildman–Crippen LogP) is 3.50. The molecule has 2 aromatic carbocycles. The Balaban J connectivity index is 2.04. The molecule has 0 saturated heterocycles. The average molecular weight is 303 g/mol. The molecule has 0 fully saturated rings. The number of halogens is 1. The topological polar surface area (TPSA) is 50.7 Å². The lowest BCUT2D eigenvalue weighted by Gasteiger charge is -2.04. The standard InChI is InChI=1S/C16H15ClN2O2/c1-11(12-3-7-14(17)8-4-12)18-19-16(20)13-5-9-15(21-2)10-6-13/h3-10H,1-2H3,(H,19,20)/b18-11+. The van der Waals surface area contributed by atoms with Gasteiger partial charge in [-0.1, -0.05) is 23.7 Å². The minimum atomic E-state index is -0.272. The fourth-order valence-corrected chi connectivity index (χ4v) is 1.82. The second-order valence-electron chi connectivity index (χ2n) is 4.37. The van der Waals surface area contributed by atoms with Gasteiger partial charge in [-0.3, -0.25) is 4.79 Å². The number of rotatable bonds is 4. The second kappa shape index (κ2) is 6.90. The number of benzene rings is 2. The lowest BCUT2D eigenvalue weighted by atomic mass is 10.1. The molecule has 0 aliphatic rings. The summed E-state index contributed by atoms with van der Waals surface area (Å²) < 4.78 is 5.04. The van der Waals surface area contributed by atoms with E-state index in [-0.39, 0.29) is 5.91 Å². The molecule has 0 aliphatic carbocycles. The molecule has 21 heavy (non-hydrogen) atoms. The Morgan fingerprint density at radius 3 is 2.19 bits per heavy atom. The van der Waals surface area contributed by atoms with Gasteiger partial charge in [0.05, 0.1) is 12.8 Å². The molecule has 0 aliphatic heterocycles. The first-order valence-electron chi connectivity index (χ1n) is 6.35. The van der Waals surface area contributed by atoms with Gasteiger partial charge in [0.1, 0.15) is 5.75 Å². The van der Waals surface area contributed by atoms with Crippen molar-refractivity contribution in [2.24, 2.45) is 5.10 Å². The number of carbonyl (C=O) groups excluding carboxylic acids is 1. The monoisotopic (exact) mass is 302 g/mol. The Morgan fingerprint density at radius 2 is 1.62 bits per heavy atom. The molecule has 108 valence electrons. The number of hydrogen-bond acceptors (Lipinski definition) is 3. The number of ether oxygens (including phenoxy) is 1. The summed E-state index contributed by atoms with van der Waals surface area (Å²) in [7, 11) is 1.58. The normalized spacial score (nSPS) is 11.1. The van der Waals surface area contributed by atoms with E-state index in [1.807, 2.05) is 19.1 Å². The van der Waals surface area contributed by atoms with Crippen LogP contribution >= 0.6 is 11.6 Å². The van der Waals surface area contributed by atoms with Crippen LogP contribution in [0.4, 0.5) is 0 Å². The number of methoxy groups -OCH3 is 1. The first-order chi connectivity index (χ1) is 10.1. The van der Waals surface area contributed by atoms with E-state index in [2.05, 4.69) is 10.5 Å². The second-order valence-corrected chi connectivity index (χ2v) is 4.81. The average Bonchev–Trinajstić information content (AvgIpc) is 2.53. The van der Waals surface area contributed by atoms with Gasteiger partial charge < -0.3 is 4.74 Å². The third-order valence-corrected chi connectivity index (χ3v) is 3.19. The molecule has 4 nitrogen and oxygen atoms in total. The van der Waals surface area contributed by atoms with Crippen LogP contribution in [-0.2, 0) is 0 Å². The van der Waals surface area contributed by atoms with Gasteiger partial charge in [0.15, 0.2) is 0 Å². The highest BCUT2D eigenvalue weighted by molar-refractivity contribution is 6.30. The van der Waals surface area contributed by atoms with Crippen molar-refractivity contribution in [2.75, 3.05) is 7.11 Å². The maximum Gasteiger partial charge on any atom is 0.271 e. The molecule has 5 heteroatoms. The van der Waals surface area contributed by atoms with E-state index in [9.17, 15) is 4.79 Å². The molecule has 1 N–H and O–H groups in total. The minimum absolute atomic E-state index is 0.272. The van der Waals surface area contributed by atoms with Crippen molar-refractivity contribution in [3.05, 3.63) is 64.7 Å². The van der Waals surface area contributed by atoms with E-state index < -0.39 is 0 Å². The number of amides is 1. The Kier molecular flexibility index (Phi) is 4.95. The van der Waals surface area contributed by atoms with Gasteiger partial charge in [-0.05, 0) is 48.9 Å². The van der Waals surface area contributed by atoms with Crippen molar-refractivity contribution in [3.63, 3.8) is 0 Å². The fraction of sp³-hybridized carbons (Fsp3) is 0.125. The highest BCUT2D eigenvalue weighted by Gasteiger charge is 2.05. The summed E-state index contributed by atoms with van der Waals surface area (Å²) in [6.45, 7) is 1.82. The number of carbonyl (C=O) groups is 1. The molecular weight excluding hydrogens is 288 g/mol. The molecule has 0 atom stereocenters. The molecule has 0 saturated carbocycles. The molecular formula is C16H15ClN2O2. The Hall–Kier alpha value is -2.33. The van der Waals surface area contributed by atoms with E-state index >= 15 is 0 Å². The Morgan fingerprint density at radius 1 is 1.05 bits per heavy atom. The SMILES string of the molecule is COc1ccc(C(=O)N/N=C(\C)c2ccc(Cl)cc2)cc1. The van der Waals surface area contributed by atoms with Crippen molar-refractivity contribution in [1.82, 2.24) is 5.43 Å². The number of nitrogens with zero attached hydrogens (tertiary/aromatic N) is 1. The van der Waals surface area contributed by atoms with Crippen LogP contribution in [0.15, 0.2) is 53.6 Å². The predicted molar refractivity (Wildman–Crippen MR) is 84.1 cm³/mol. The first-order valence-corrected chi connectivity index (χ1v) is 6.72. The van der Waals surface area contributed by atoms with Crippen LogP contribution in [0.5, 0.6) is 5.75 Å². The van der Waals surface area contributed by atoms with Gasteiger partial charge in [-0.2, -0.15) is 5.10 Å². The molecule has 0 bridgehead atoms. The zero-order valence-electron chi connectivity index (χ0n) is 11.8. The van der Waals surface area contributed by atoms with Crippen LogP contribution in [0.2, 0.25) is 5.02 Å². The van der Waals surface area contributed by atoms with E-state index in [1.165, 1.54) is 0 Å². The Labute approximate surface area is 128 Å². The van der Waals surface area contributed by atoms with Crippen LogP contribution in [0.1, 0.15) is 22.8 Å². The zero-order chi connectivity index (χ0) is 15.2. The largest absolute Gasteiger partial charge is 0.497 e. The van der Waals surface area contributed by atoms with Gasteiger partial charge in [0, 0.05) is 10.6 Å². The number of hydrazone groups is 1. The van der Waals surface area contributed by atoms with Crippen molar-refractivity contribution in [2.45, 2.75) is 6.92 Å². The minimum Gasteiger partial charge on any atom is -0.497 e. The van der Waals surface area contributed by atoms with Crippen LogP contribution in [0.25, 0.3) is 0 Å². The number of nitrogens with one attached hydrogen (secondary N) is 1. The number of hydrogen-bond donors (Lipinski definition) is 1. The lowest BCUT2D eigenvalue weighted by molar-refractivity contribution is 0.0955. The van der Waals surface area contributed by atoms with Crippen molar-refractivity contribution < 1.29 is 9.53 Å². The Bertz CT molecular complexity index is 649. The summed E-state index contributed by atoms with van der Waals surface area (Å²) in [4.78, 5) is 12.0. The van der Waals surface area contributed by atoms with Gasteiger partial charge in [0.2, 0.25) is 0 Å². The summed E-state index contributed by atoms with van der Waals surface area (Å²) in [5, 5.41) is 4.75. The summed E-state index contributed by atoms with van der Waals surface area (Å²) in [6.07, 6.45) is 0. The van der Waals surface area contributed by atoms with Crippen LogP contribution in [0, 0.1) is 0 Å². The van der Waals surface area contributed by atoms with E-state index in [1.54, 1.807) is 43.5 Å². The zero-order valence-corrected chi connectivity index (χ0v) is 12.5.